The van der Waals surface area contributed by atoms with Crippen molar-refractivity contribution >= 4 is 11.6 Å². The van der Waals surface area contributed by atoms with Crippen LogP contribution in [0.2, 0.25) is 5.02 Å². The molecule has 2 fully saturated rings. The highest BCUT2D eigenvalue weighted by atomic mass is 35.5. The third-order valence-corrected chi connectivity index (χ3v) is 7.41. The first kappa shape index (κ1) is 20.0. The molecule has 26 heavy (non-hydrogen) atoms. The zero-order valence-corrected chi connectivity index (χ0v) is 17.2. The van der Waals surface area contributed by atoms with Gasteiger partial charge in [0.15, 0.2) is 0 Å². The van der Waals surface area contributed by atoms with Gasteiger partial charge in [-0.15, -0.1) is 6.58 Å². The van der Waals surface area contributed by atoms with Crippen LogP contribution in [-0.4, -0.2) is 0 Å². The zero-order valence-electron chi connectivity index (χ0n) is 16.5. The van der Waals surface area contributed by atoms with E-state index in [4.69, 9.17) is 11.6 Å². The molecule has 0 N–H and O–H groups in total. The topological polar surface area (TPSA) is 0 Å². The van der Waals surface area contributed by atoms with Gasteiger partial charge in [0.2, 0.25) is 0 Å². The lowest BCUT2D eigenvalue weighted by molar-refractivity contribution is 0.223. The Morgan fingerprint density at radius 1 is 0.769 bits per heavy atom. The van der Waals surface area contributed by atoms with Gasteiger partial charge in [-0.05, 0) is 79.9 Å². The first-order chi connectivity index (χ1) is 12.7. The molecule has 1 heteroatoms. The Labute approximate surface area is 166 Å². The summed E-state index contributed by atoms with van der Waals surface area (Å²) in [5.74, 6) is 3.80. The molecule has 0 bridgehead atoms. The van der Waals surface area contributed by atoms with Crippen molar-refractivity contribution < 1.29 is 0 Å². The van der Waals surface area contributed by atoms with Crippen LogP contribution in [0.1, 0.15) is 95.0 Å². The molecule has 2 aliphatic rings. The average Bonchev–Trinajstić information content (AvgIpc) is 2.69. The molecule has 2 aliphatic carbocycles. The van der Waals surface area contributed by atoms with Gasteiger partial charge in [-0.25, -0.2) is 0 Å². The maximum Gasteiger partial charge on any atom is 0.0406 e. The summed E-state index contributed by atoms with van der Waals surface area (Å²) in [5, 5.41) is 0.859. The van der Waals surface area contributed by atoms with Gasteiger partial charge in [0.1, 0.15) is 0 Å². The molecule has 0 saturated heterocycles. The van der Waals surface area contributed by atoms with E-state index in [1.165, 1.54) is 89.0 Å². The minimum Gasteiger partial charge on any atom is -0.103 e. The van der Waals surface area contributed by atoms with Gasteiger partial charge in [0.25, 0.3) is 0 Å². The van der Waals surface area contributed by atoms with Gasteiger partial charge in [-0.3, -0.25) is 0 Å². The molecular formula is C25H37Cl. The summed E-state index contributed by atoms with van der Waals surface area (Å²) in [6, 6.07) is 8.58. The van der Waals surface area contributed by atoms with Crippen molar-refractivity contribution in [2.24, 2.45) is 17.8 Å². The van der Waals surface area contributed by atoms with Crippen molar-refractivity contribution in [3.05, 3.63) is 47.5 Å². The maximum atomic E-state index is 6.03. The van der Waals surface area contributed by atoms with E-state index in [0.717, 1.165) is 28.7 Å². The zero-order chi connectivity index (χ0) is 18.2. The number of allylic oxidation sites excluding steroid dienone is 1. The molecular weight excluding hydrogens is 336 g/mol. The van der Waals surface area contributed by atoms with Crippen molar-refractivity contribution in [2.45, 2.75) is 89.4 Å². The maximum absolute atomic E-state index is 6.03. The van der Waals surface area contributed by atoms with Gasteiger partial charge in [0, 0.05) is 5.02 Å². The Balaban J connectivity index is 1.31. The van der Waals surface area contributed by atoms with Crippen molar-refractivity contribution in [3.63, 3.8) is 0 Å². The van der Waals surface area contributed by atoms with Gasteiger partial charge in [0.05, 0.1) is 0 Å². The molecule has 0 spiro atoms. The summed E-state index contributed by atoms with van der Waals surface area (Å²) in [4.78, 5) is 0. The molecule has 2 saturated carbocycles. The van der Waals surface area contributed by atoms with Crippen molar-refractivity contribution in [1.29, 1.82) is 0 Å². The van der Waals surface area contributed by atoms with Crippen molar-refractivity contribution in [1.82, 2.24) is 0 Å². The van der Waals surface area contributed by atoms with Crippen LogP contribution in [0, 0.1) is 17.8 Å². The van der Waals surface area contributed by atoms with Crippen LogP contribution in [0.3, 0.4) is 0 Å². The molecule has 0 unspecified atom stereocenters. The summed E-state index contributed by atoms with van der Waals surface area (Å²) in [7, 11) is 0. The SMILES string of the molecule is C=CCCC[C@H]1CC[C@H](CC[C@H]2CC[C@H](c3ccc(Cl)cc3)CC2)CC1. The van der Waals surface area contributed by atoms with Crippen LogP contribution in [0.25, 0.3) is 0 Å². The minimum atomic E-state index is 0.773. The quantitative estimate of drug-likeness (QED) is 0.316. The number of halogens is 1. The standard InChI is InChI=1S/C25H37Cl/c1-2-3-4-5-20-6-8-21(9-7-20)10-11-22-12-14-23(15-13-22)24-16-18-25(26)19-17-24/h2,16-23H,1,3-15H2/t20-,21-,22-,23-. The summed E-state index contributed by atoms with van der Waals surface area (Å²) < 4.78 is 0. The molecule has 0 heterocycles. The lowest BCUT2D eigenvalue weighted by Crippen LogP contribution is -2.17. The van der Waals surface area contributed by atoms with E-state index in [-0.39, 0.29) is 0 Å². The highest BCUT2D eigenvalue weighted by Gasteiger charge is 2.25. The lowest BCUT2D eigenvalue weighted by atomic mass is 9.74. The van der Waals surface area contributed by atoms with Crippen LogP contribution in [0.5, 0.6) is 0 Å². The van der Waals surface area contributed by atoms with E-state index in [2.05, 4.69) is 36.9 Å². The van der Waals surface area contributed by atoms with Gasteiger partial charge < -0.3 is 0 Å². The molecule has 144 valence electrons. The van der Waals surface area contributed by atoms with Crippen LogP contribution in [-0.2, 0) is 0 Å². The first-order valence-corrected chi connectivity index (χ1v) is 11.5. The Morgan fingerprint density at radius 2 is 1.27 bits per heavy atom. The number of rotatable bonds is 8. The van der Waals surface area contributed by atoms with E-state index in [0.29, 0.717) is 0 Å². The number of hydrogen-bond acceptors (Lipinski definition) is 0. The van der Waals surface area contributed by atoms with Crippen LogP contribution in [0.15, 0.2) is 36.9 Å². The second kappa shape index (κ2) is 10.5. The van der Waals surface area contributed by atoms with E-state index in [1.54, 1.807) is 0 Å². The summed E-state index contributed by atoms with van der Waals surface area (Å²) in [6.45, 7) is 3.84. The molecule has 0 aromatic heterocycles. The van der Waals surface area contributed by atoms with Crippen LogP contribution < -0.4 is 0 Å². The Kier molecular flexibility index (Phi) is 8.11. The second-order valence-corrected chi connectivity index (χ2v) is 9.39. The van der Waals surface area contributed by atoms with Gasteiger partial charge >= 0.3 is 0 Å². The number of benzene rings is 1. The average molecular weight is 373 g/mol. The molecule has 1 aromatic carbocycles. The van der Waals surface area contributed by atoms with Gasteiger partial charge in [-0.1, -0.05) is 74.8 Å². The van der Waals surface area contributed by atoms with E-state index in [9.17, 15) is 0 Å². The Hall–Kier alpha value is -0.750. The highest BCUT2D eigenvalue weighted by molar-refractivity contribution is 6.30. The van der Waals surface area contributed by atoms with Crippen LogP contribution >= 0.6 is 11.6 Å². The first-order valence-electron chi connectivity index (χ1n) is 11.1. The number of unbranched alkanes of at least 4 members (excludes halogenated alkanes) is 1. The lowest BCUT2D eigenvalue weighted by Gasteiger charge is -2.32. The molecule has 0 nitrogen and oxygen atoms in total. The predicted octanol–water partition coefficient (Wildman–Crippen LogP) is 8.56. The molecule has 3 rings (SSSR count). The fourth-order valence-corrected chi connectivity index (χ4v) is 5.48. The third kappa shape index (κ3) is 6.15. The van der Waals surface area contributed by atoms with Crippen molar-refractivity contribution in [3.8, 4) is 0 Å². The van der Waals surface area contributed by atoms with E-state index in [1.807, 2.05) is 0 Å². The largest absolute Gasteiger partial charge is 0.103 e. The Bertz CT molecular complexity index is 516. The van der Waals surface area contributed by atoms with Crippen molar-refractivity contribution in [2.75, 3.05) is 0 Å². The third-order valence-electron chi connectivity index (χ3n) is 7.16. The van der Waals surface area contributed by atoms with E-state index < -0.39 is 0 Å². The monoisotopic (exact) mass is 372 g/mol. The minimum absolute atomic E-state index is 0.773. The smallest absolute Gasteiger partial charge is 0.0406 e. The molecule has 1 aromatic rings. The Morgan fingerprint density at radius 3 is 1.81 bits per heavy atom. The predicted molar refractivity (Wildman–Crippen MR) is 115 cm³/mol. The molecule has 0 aliphatic heterocycles. The van der Waals surface area contributed by atoms with E-state index >= 15 is 0 Å². The fraction of sp³-hybridized carbons (Fsp3) is 0.680. The molecule has 0 radical (unpaired) electrons. The molecule has 0 atom stereocenters. The summed E-state index contributed by atoms with van der Waals surface area (Å²) in [6.07, 6.45) is 20.7. The highest BCUT2D eigenvalue weighted by Crippen LogP contribution is 2.40. The fourth-order valence-electron chi connectivity index (χ4n) is 5.35. The summed E-state index contributed by atoms with van der Waals surface area (Å²) >= 11 is 6.03. The molecule has 0 amide bonds. The normalized spacial score (nSPS) is 29.4. The second-order valence-electron chi connectivity index (χ2n) is 8.95. The summed E-state index contributed by atoms with van der Waals surface area (Å²) in [5.41, 5.74) is 1.50. The van der Waals surface area contributed by atoms with Gasteiger partial charge in [-0.2, -0.15) is 0 Å². The van der Waals surface area contributed by atoms with Crippen LogP contribution in [0.4, 0.5) is 0 Å². The number of hydrogen-bond donors (Lipinski definition) is 0.